The molecule has 0 atom stereocenters. The molecule has 0 radical (unpaired) electrons. The molecule has 2 rings (SSSR count). The molecule has 0 fully saturated rings. The topological polar surface area (TPSA) is 61.6 Å². The van der Waals surface area contributed by atoms with E-state index in [4.69, 9.17) is 16.9 Å². The Morgan fingerprint density at radius 2 is 2.24 bits per heavy atom. The fourth-order valence-electron chi connectivity index (χ4n) is 1.22. The van der Waals surface area contributed by atoms with Crippen molar-refractivity contribution >= 4 is 39.0 Å². The van der Waals surface area contributed by atoms with Crippen LogP contribution in [-0.4, -0.2) is 9.97 Å². The molecule has 4 nitrogen and oxygen atoms in total. The predicted octanol–water partition coefficient (Wildman–Crippen LogP) is 3.51. The second-order valence-electron chi connectivity index (χ2n) is 3.15. The third-order valence-electron chi connectivity index (χ3n) is 2.02. The number of aromatic nitrogens is 2. The zero-order valence-electron chi connectivity index (χ0n) is 8.48. The highest BCUT2D eigenvalue weighted by Crippen LogP contribution is 2.28. The molecule has 1 N–H and O–H groups in total. The van der Waals surface area contributed by atoms with Gasteiger partial charge < -0.3 is 5.32 Å². The minimum Gasteiger partial charge on any atom is -0.338 e. The van der Waals surface area contributed by atoms with Crippen molar-refractivity contribution in [2.24, 2.45) is 0 Å². The molecule has 0 spiro atoms. The Balaban J connectivity index is 2.37. The van der Waals surface area contributed by atoms with Gasteiger partial charge in [0.1, 0.15) is 12.1 Å². The molecule has 0 unspecified atom stereocenters. The highest BCUT2D eigenvalue weighted by atomic mass is 79.9. The number of nitrogens with one attached hydrogen (secondary N) is 1. The van der Waals surface area contributed by atoms with Gasteiger partial charge in [-0.3, -0.25) is 0 Å². The molecule has 0 saturated carbocycles. The van der Waals surface area contributed by atoms with Crippen molar-refractivity contribution < 1.29 is 0 Å². The number of nitriles is 1. The zero-order chi connectivity index (χ0) is 12.3. The molecule has 0 saturated heterocycles. The van der Waals surface area contributed by atoms with Gasteiger partial charge >= 0.3 is 0 Å². The van der Waals surface area contributed by atoms with Gasteiger partial charge in [-0.05, 0) is 34.1 Å². The van der Waals surface area contributed by atoms with Crippen LogP contribution < -0.4 is 5.32 Å². The fourth-order valence-corrected chi connectivity index (χ4v) is 1.71. The summed E-state index contributed by atoms with van der Waals surface area (Å²) in [6, 6.07) is 7.03. The van der Waals surface area contributed by atoms with Crippen LogP contribution in [0.1, 0.15) is 5.56 Å². The summed E-state index contributed by atoms with van der Waals surface area (Å²) in [6.07, 6.45) is 3.05. The average molecular weight is 310 g/mol. The third kappa shape index (κ3) is 2.73. The standard InChI is InChI=1S/C11H6BrClN4/c12-8-5-15-6-16-11(8)17-10-3-7(4-14)1-2-9(10)13/h1-3,5-6H,(H,15,16,17). The summed E-state index contributed by atoms with van der Waals surface area (Å²) in [5.41, 5.74) is 1.16. The summed E-state index contributed by atoms with van der Waals surface area (Å²) in [7, 11) is 0. The second kappa shape index (κ2) is 5.13. The van der Waals surface area contributed by atoms with E-state index in [0.29, 0.717) is 22.1 Å². The number of benzene rings is 1. The van der Waals surface area contributed by atoms with Crippen molar-refractivity contribution in [2.45, 2.75) is 0 Å². The quantitative estimate of drug-likeness (QED) is 0.922. The van der Waals surface area contributed by atoms with E-state index in [1.165, 1.54) is 6.33 Å². The zero-order valence-corrected chi connectivity index (χ0v) is 10.8. The molecule has 0 amide bonds. The number of nitrogens with zero attached hydrogens (tertiary/aromatic N) is 3. The van der Waals surface area contributed by atoms with E-state index in [1.54, 1.807) is 24.4 Å². The smallest absolute Gasteiger partial charge is 0.148 e. The summed E-state index contributed by atoms with van der Waals surface area (Å²) in [5.74, 6) is 0.594. The van der Waals surface area contributed by atoms with Crippen LogP contribution in [0.2, 0.25) is 5.02 Å². The van der Waals surface area contributed by atoms with E-state index >= 15 is 0 Å². The van der Waals surface area contributed by atoms with Crippen LogP contribution in [0.25, 0.3) is 0 Å². The molecule has 1 aromatic heterocycles. The summed E-state index contributed by atoms with van der Waals surface area (Å²) < 4.78 is 0.721. The van der Waals surface area contributed by atoms with E-state index in [1.807, 2.05) is 0 Å². The van der Waals surface area contributed by atoms with Crippen LogP contribution in [0, 0.1) is 11.3 Å². The van der Waals surface area contributed by atoms with Crippen LogP contribution in [0.4, 0.5) is 11.5 Å². The van der Waals surface area contributed by atoms with E-state index < -0.39 is 0 Å². The van der Waals surface area contributed by atoms with Gasteiger partial charge in [0.25, 0.3) is 0 Å². The van der Waals surface area contributed by atoms with Crippen molar-refractivity contribution in [2.75, 3.05) is 5.32 Å². The largest absolute Gasteiger partial charge is 0.338 e. The molecule has 17 heavy (non-hydrogen) atoms. The van der Waals surface area contributed by atoms with Crippen molar-refractivity contribution in [1.82, 2.24) is 9.97 Å². The predicted molar refractivity (Wildman–Crippen MR) is 69.2 cm³/mol. The summed E-state index contributed by atoms with van der Waals surface area (Å²) in [4.78, 5) is 7.92. The number of rotatable bonds is 2. The Hall–Kier alpha value is -1.64. The van der Waals surface area contributed by atoms with Gasteiger partial charge in [0.2, 0.25) is 0 Å². The van der Waals surface area contributed by atoms with E-state index in [2.05, 4.69) is 37.3 Å². The SMILES string of the molecule is N#Cc1ccc(Cl)c(Nc2ncncc2Br)c1. The number of anilines is 2. The van der Waals surface area contributed by atoms with Gasteiger partial charge in [0.05, 0.1) is 26.8 Å². The van der Waals surface area contributed by atoms with E-state index in [-0.39, 0.29) is 0 Å². The van der Waals surface area contributed by atoms with Crippen molar-refractivity contribution in [3.05, 3.63) is 45.8 Å². The second-order valence-corrected chi connectivity index (χ2v) is 4.41. The van der Waals surface area contributed by atoms with E-state index in [9.17, 15) is 0 Å². The maximum atomic E-state index is 8.82. The maximum Gasteiger partial charge on any atom is 0.148 e. The van der Waals surface area contributed by atoms with Crippen LogP contribution >= 0.6 is 27.5 Å². The van der Waals surface area contributed by atoms with Crippen molar-refractivity contribution in [1.29, 1.82) is 5.26 Å². The molecule has 0 bridgehead atoms. The van der Waals surface area contributed by atoms with Crippen molar-refractivity contribution in [3.8, 4) is 6.07 Å². The highest BCUT2D eigenvalue weighted by Gasteiger charge is 2.05. The van der Waals surface area contributed by atoms with Crippen LogP contribution in [0.5, 0.6) is 0 Å². The van der Waals surface area contributed by atoms with E-state index in [0.717, 1.165) is 4.47 Å². The number of halogens is 2. The van der Waals surface area contributed by atoms with Crippen LogP contribution in [-0.2, 0) is 0 Å². The molecule has 0 aliphatic rings. The molecule has 2 aromatic rings. The molecule has 1 aromatic carbocycles. The van der Waals surface area contributed by atoms with Gasteiger partial charge in [-0.15, -0.1) is 0 Å². The first-order valence-corrected chi connectivity index (χ1v) is 5.80. The first kappa shape index (κ1) is 11.8. The molecule has 1 heterocycles. The van der Waals surface area contributed by atoms with Gasteiger partial charge in [-0.2, -0.15) is 5.26 Å². The number of hydrogen-bond acceptors (Lipinski definition) is 4. The lowest BCUT2D eigenvalue weighted by molar-refractivity contribution is 1.15. The molecule has 84 valence electrons. The normalized spacial score (nSPS) is 9.71. The summed E-state index contributed by atoms with van der Waals surface area (Å²) >= 11 is 9.34. The monoisotopic (exact) mass is 308 g/mol. The minimum atomic E-state index is 0.523. The lowest BCUT2D eigenvalue weighted by Crippen LogP contribution is -1.96. The fraction of sp³-hybridized carbons (Fsp3) is 0. The summed E-state index contributed by atoms with van der Waals surface area (Å²) in [6.45, 7) is 0. The lowest BCUT2D eigenvalue weighted by Gasteiger charge is -2.08. The van der Waals surface area contributed by atoms with Crippen LogP contribution in [0.15, 0.2) is 35.2 Å². The van der Waals surface area contributed by atoms with Gasteiger partial charge in [0, 0.05) is 6.20 Å². The van der Waals surface area contributed by atoms with Crippen molar-refractivity contribution in [3.63, 3.8) is 0 Å². The molecular formula is C11H6BrClN4. The average Bonchev–Trinajstić information content (AvgIpc) is 2.35. The first-order chi connectivity index (χ1) is 8.20. The molecular weight excluding hydrogens is 304 g/mol. The van der Waals surface area contributed by atoms with Gasteiger partial charge in [-0.1, -0.05) is 11.6 Å². The minimum absolute atomic E-state index is 0.523. The van der Waals surface area contributed by atoms with Gasteiger partial charge in [0.15, 0.2) is 0 Å². The Morgan fingerprint density at radius 1 is 1.41 bits per heavy atom. The summed E-state index contributed by atoms with van der Waals surface area (Å²) in [5, 5.41) is 12.4. The lowest BCUT2D eigenvalue weighted by atomic mass is 10.2. The maximum absolute atomic E-state index is 8.82. The highest BCUT2D eigenvalue weighted by molar-refractivity contribution is 9.10. The Kier molecular flexibility index (Phi) is 3.57. The van der Waals surface area contributed by atoms with Crippen LogP contribution in [0.3, 0.4) is 0 Å². The number of hydrogen-bond donors (Lipinski definition) is 1. The Morgan fingerprint density at radius 3 is 2.94 bits per heavy atom. The Labute approximate surface area is 111 Å². The molecule has 6 heteroatoms. The Bertz CT molecular complexity index is 594. The molecule has 0 aliphatic carbocycles. The molecule has 0 aliphatic heterocycles. The third-order valence-corrected chi connectivity index (χ3v) is 2.93. The first-order valence-electron chi connectivity index (χ1n) is 4.63. The van der Waals surface area contributed by atoms with Gasteiger partial charge in [-0.25, -0.2) is 9.97 Å².